The first kappa shape index (κ1) is 9.51. The van der Waals surface area contributed by atoms with Gasteiger partial charge in [0.25, 0.3) is 0 Å². The molecular formula is C10H10N2O3. The molecule has 78 valence electrons. The van der Waals surface area contributed by atoms with Gasteiger partial charge in [0.15, 0.2) is 0 Å². The minimum absolute atomic E-state index is 0.300. The van der Waals surface area contributed by atoms with Crippen LogP contribution >= 0.6 is 0 Å². The first-order valence-corrected chi connectivity index (χ1v) is 4.56. The summed E-state index contributed by atoms with van der Waals surface area (Å²) in [6.45, 7) is 2.03. The fourth-order valence-electron chi connectivity index (χ4n) is 1.42. The van der Waals surface area contributed by atoms with Crippen LogP contribution in [0.5, 0.6) is 0 Å². The van der Waals surface area contributed by atoms with Crippen molar-refractivity contribution in [2.24, 2.45) is 0 Å². The molecule has 1 heterocycles. The Morgan fingerprint density at radius 1 is 1.60 bits per heavy atom. The summed E-state index contributed by atoms with van der Waals surface area (Å²) < 4.78 is 5.69. The number of benzene rings is 1. The van der Waals surface area contributed by atoms with E-state index in [4.69, 9.17) is 4.74 Å². The van der Waals surface area contributed by atoms with E-state index < -0.39 is 5.97 Å². The molecule has 0 aliphatic heterocycles. The average molecular weight is 206 g/mol. The van der Waals surface area contributed by atoms with E-state index >= 15 is 0 Å². The number of hydrogen-bond acceptors (Lipinski definition) is 4. The second kappa shape index (κ2) is 3.61. The summed E-state index contributed by atoms with van der Waals surface area (Å²) >= 11 is 0. The van der Waals surface area contributed by atoms with Gasteiger partial charge in [-0.1, -0.05) is 6.07 Å². The summed E-state index contributed by atoms with van der Waals surface area (Å²) in [4.78, 5) is 15.5. The zero-order valence-corrected chi connectivity index (χ0v) is 8.17. The Bertz CT molecular complexity index is 504. The van der Waals surface area contributed by atoms with Crippen LogP contribution in [0.3, 0.4) is 0 Å². The monoisotopic (exact) mass is 206 g/mol. The molecule has 0 unspecified atom stereocenters. The van der Waals surface area contributed by atoms with Crippen molar-refractivity contribution in [3.8, 4) is 0 Å². The molecule has 1 aromatic heterocycles. The Kier molecular flexibility index (Phi) is 2.29. The van der Waals surface area contributed by atoms with E-state index in [-0.39, 0.29) is 0 Å². The van der Waals surface area contributed by atoms with E-state index in [9.17, 15) is 10.0 Å². The summed E-state index contributed by atoms with van der Waals surface area (Å²) in [6.07, 6.45) is 1.24. The molecule has 0 spiro atoms. The van der Waals surface area contributed by atoms with Gasteiger partial charge in [-0.25, -0.2) is 9.78 Å². The third-order valence-electron chi connectivity index (χ3n) is 2.05. The maximum Gasteiger partial charge on any atom is 0.340 e. The number of fused-ring (bicyclic) bond motifs is 1. The van der Waals surface area contributed by atoms with Crippen LogP contribution in [0, 0.1) is 0 Å². The smallest absolute Gasteiger partial charge is 0.340 e. The number of imidazole rings is 1. The summed E-state index contributed by atoms with van der Waals surface area (Å²) in [5.74, 6) is -0.459. The fraction of sp³-hybridized carbons (Fsp3) is 0.200. The summed E-state index contributed by atoms with van der Waals surface area (Å²) in [5, 5.41) is 9.46. The van der Waals surface area contributed by atoms with E-state index in [0.717, 1.165) is 4.73 Å². The van der Waals surface area contributed by atoms with E-state index in [1.165, 1.54) is 6.33 Å². The van der Waals surface area contributed by atoms with Gasteiger partial charge < -0.3 is 9.94 Å². The fourth-order valence-corrected chi connectivity index (χ4v) is 1.42. The van der Waals surface area contributed by atoms with Gasteiger partial charge in [-0.15, -0.1) is 0 Å². The normalized spacial score (nSPS) is 10.5. The lowest BCUT2D eigenvalue weighted by Crippen LogP contribution is -2.06. The number of rotatable bonds is 2. The van der Waals surface area contributed by atoms with Crippen molar-refractivity contribution in [1.82, 2.24) is 9.71 Å². The third kappa shape index (κ3) is 1.52. The van der Waals surface area contributed by atoms with Gasteiger partial charge >= 0.3 is 5.97 Å². The molecule has 2 rings (SSSR count). The van der Waals surface area contributed by atoms with E-state index in [1.807, 2.05) is 0 Å². The molecule has 0 aliphatic rings. The van der Waals surface area contributed by atoms with Gasteiger partial charge in [-0.05, 0) is 19.1 Å². The molecule has 15 heavy (non-hydrogen) atoms. The lowest BCUT2D eigenvalue weighted by atomic mass is 10.2. The van der Waals surface area contributed by atoms with Gasteiger partial charge in [-0.3, -0.25) is 0 Å². The highest BCUT2D eigenvalue weighted by Crippen LogP contribution is 2.17. The SMILES string of the molecule is CCOC(=O)c1cccc2ncn(O)c12. The first-order chi connectivity index (χ1) is 7.24. The third-order valence-corrected chi connectivity index (χ3v) is 2.05. The lowest BCUT2D eigenvalue weighted by Gasteiger charge is -2.03. The number of ether oxygens (including phenoxy) is 1. The minimum atomic E-state index is -0.459. The Labute approximate surface area is 85.9 Å². The van der Waals surface area contributed by atoms with E-state index in [0.29, 0.717) is 23.2 Å². The number of hydrogen-bond donors (Lipinski definition) is 1. The van der Waals surface area contributed by atoms with Crippen LogP contribution in [-0.2, 0) is 4.74 Å². The topological polar surface area (TPSA) is 64.3 Å². The van der Waals surface area contributed by atoms with Crippen LogP contribution in [0.25, 0.3) is 11.0 Å². The molecule has 5 heteroatoms. The molecule has 1 aromatic carbocycles. The molecule has 0 fully saturated rings. The number of carbonyl (C=O) groups excluding carboxylic acids is 1. The molecule has 0 saturated carbocycles. The van der Waals surface area contributed by atoms with Gasteiger partial charge in [0.1, 0.15) is 11.8 Å². The first-order valence-electron chi connectivity index (χ1n) is 4.56. The zero-order chi connectivity index (χ0) is 10.8. The van der Waals surface area contributed by atoms with Crippen LogP contribution in [0.1, 0.15) is 17.3 Å². The van der Waals surface area contributed by atoms with E-state index in [2.05, 4.69) is 4.98 Å². The number of nitrogens with zero attached hydrogens (tertiary/aromatic N) is 2. The molecule has 0 saturated heterocycles. The highest BCUT2D eigenvalue weighted by atomic mass is 16.5. The largest absolute Gasteiger partial charge is 0.462 e. The average Bonchev–Trinajstić information content (AvgIpc) is 2.61. The van der Waals surface area contributed by atoms with Gasteiger partial charge in [0.05, 0.1) is 17.7 Å². The Hall–Kier alpha value is -2.04. The van der Waals surface area contributed by atoms with Crippen molar-refractivity contribution in [2.75, 3.05) is 6.61 Å². The minimum Gasteiger partial charge on any atom is -0.462 e. The highest BCUT2D eigenvalue weighted by molar-refractivity contribution is 6.01. The van der Waals surface area contributed by atoms with Crippen LogP contribution in [0.4, 0.5) is 0 Å². The Balaban J connectivity index is 2.59. The maximum atomic E-state index is 11.5. The summed E-state index contributed by atoms with van der Waals surface area (Å²) in [6, 6.07) is 5.00. The predicted molar refractivity (Wildman–Crippen MR) is 52.9 cm³/mol. The molecule has 0 bridgehead atoms. The standard InChI is InChI=1S/C10H10N2O3/c1-2-15-10(13)7-4-3-5-8-9(7)12(14)6-11-8/h3-6,14H,2H2,1H3. The molecule has 2 aromatic rings. The number of esters is 1. The molecule has 0 atom stereocenters. The quantitative estimate of drug-likeness (QED) is 0.596. The van der Waals surface area contributed by atoms with Crippen molar-refractivity contribution in [2.45, 2.75) is 6.92 Å². The second-order valence-electron chi connectivity index (χ2n) is 2.98. The molecule has 1 N–H and O–H groups in total. The van der Waals surface area contributed by atoms with Gasteiger partial charge in [-0.2, -0.15) is 4.73 Å². The van der Waals surface area contributed by atoms with Crippen molar-refractivity contribution >= 4 is 17.0 Å². The van der Waals surface area contributed by atoms with Crippen molar-refractivity contribution in [3.05, 3.63) is 30.1 Å². The highest BCUT2D eigenvalue weighted by Gasteiger charge is 2.14. The van der Waals surface area contributed by atoms with Crippen molar-refractivity contribution in [3.63, 3.8) is 0 Å². The van der Waals surface area contributed by atoms with Crippen molar-refractivity contribution in [1.29, 1.82) is 0 Å². The van der Waals surface area contributed by atoms with Crippen molar-refractivity contribution < 1.29 is 14.7 Å². The maximum absolute atomic E-state index is 11.5. The predicted octanol–water partition coefficient (Wildman–Crippen LogP) is 1.45. The zero-order valence-electron chi connectivity index (χ0n) is 8.17. The number of aromatic nitrogens is 2. The van der Waals surface area contributed by atoms with Crippen LogP contribution < -0.4 is 0 Å². The Morgan fingerprint density at radius 3 is 3.13 bits per heavy atom. The van der Waals surface area contributed by atoms with Gasteiger partial charge in [0, 0.05) is 0 Å². The molecule has 0 radical (unpaired) electrons. The molecule has 5 nitrogen and oxygen atoms in total. The van der Waals surface area contributed by atoms with Gasteiger partial charge in [0.2, 0.25) is 0 Å². The summed E-state index contributed by atoms with van der Waals surface area (Å²) in [5.41, 5.74) is 1.24. The number of para-hydroxylation sites is 1. The van der Waals surface area contributed by atoms with Crippen LogP contribution in [-0.4, -0.2) is 27.5 Å². The van der Waals surface area contributed by atoms with Crippen LogP contribution in [0.15, 0.2) is 24.5 Å². The lowest BCUT2D eigenvalue weighted by molar-refractivity contribution is 0.0526. The molecular weight excluding hydrogens is 196 g/mol. The second-order valence-corrected chi connectivity index (χ2v) is 2.98. The van der Waals surface area contributed by atoms with E-state index in [1.54, 1.807) is 25.1 Å². The van der Waals surface area contributed by atoms with Crippen LogP contribution in [0.2, 0.25) is 0 Å². The molecule has 0 aliphatic carbocycles. The number of carbonyl (C=O) groups is 1. The molecule has 0 amide bonds. The summed E-state index contributed by atoms with van der Waals surface area (Å²) in [7, 11) is 0. The Morgan fingerprint density at radius 2 is 2.40 bits per heavy atom.